The number of benzene rings is 1. The molecular formula is C16H12Cl3NO. The van der Waals surface area contributed by atoms with Crippen molar-refractivity contribution in [2.45, 2.75) is 12.3 Å². The Balaban J connectivity index is 2.41. The molecule has 1 aromatic carbocycles. The van der Waals surface area contributed by atoms with Crippen molar-refractivity contribution in [2.24, 2.45) is 0 Å². The number of pyridine rings is 1. The highest BCUT2D eigenvalue weighted by atomic mass is 35.5. The number of Topliss-reactive ketones (excluding diaryl/α,β-unsaturated/α-hetero) is 1. The first-order valence-corrected chi connectivity index (χ1v) is 7.47. The third-order valence-corrected chi connectivity index (χ3v) is 3.80. The lowest BCUT2D eigenvalue weighted by molar-refractivity contribution is 0.0959. The van der Waals surface area contributed by atoms with Gasteiger partial charge in [0, 0.05) is 33.5 Å². The molecule has 1 atom stereocenters. The van der Waals surface area contributed by atoms with Crippen molar-refractivity contribution < 1.29 is 4.79 Å². The Bertz CT molecular complexity index is 656. The molecular weight excluding hydrogens is 329 g/mol. The van der Waals surface area contributed by atoms with Crippen molar-refractivity contribution >= 4 is 40.6 Å². The van der Waals surface area contributed by atoms with Gasteiger partial charge in [0.05, 0.1) is 5.92 Å². The Morgan fingerprint density at radius 3 is 2.71 bits per heavy atom. The number of allylic oxidation sites excluding steroid dienone is 1. The van der Waals surface area contributed by atoms with E-state index in [0.717, 1.165) is 5.56 Å². The summed E-state index contributed by atoms with van der Waals surface area (Å²) in [6.45, 7) is 0. The zero-order valence-corrected chi connectivity index (χ0v) is 13.2. The average molecular weight is 341 g/mol. The van der Waals surface area contributed by atoms with Crippen molar-refractivity contribution in [1.82, 2.24) is 4.98 Å². The summed E-state index contributed by atoms with van der Waals surface area (Å²) in [5, 5.41) is 0.997. The SMILES string of the molecule is O=C(c1cccnc1)C(CC=CCl)c1ccc(Cl)cc1Cl. The van der Waals surface area contributed by atoms with Gasteiger partial charge in [-0.15, -0.1) is 0 Å². The monoisotopic (exact) mass is 339 g/mol. The van der Waals surface area contributed by atoms with E-state index in [1.807, 2.05) is 0 Å². The van der Waals surface area contributed by atoms with Crippen LogP contribution in [0.3, 0.4) is 0 Å². The summed E-state index contributed by atoms with van der Waals surface area (Å²) in [6.07, 6.45) is 5.35. The molecule has 0 aliphatic carbocycles. The second-order valence-electron chi connectivity index (χ2n) is 4.42. The first kappa shape index (κ1) is 16.0. The number of hydrogen-bond donors (Lipinski definition) is 0. The summed E-state index contributed by atoms with van der Waals surface area (Å²) in [6, 6.07) is 8.58. The second-order valence-corrected chi connectivity index (χ2v) is 5.52. The first-order chi connectivity index (χ1) is 10.1. The second kappa shape index (κ2) is 7.60. The quantitative estimate of drug-likeness (QED) is 0.673. The molecule has 0 saturated carbocycles. The van der Waals surface area contributed by atoms with E-state index in [4.69, 9.17) is 34.8 Å². The predicted molar refractivity (Wildman–Crippen MR) is 87.4 cm³/mol. The zero-order chi connectivity index (χ0) is 15.2. The number of carbonyl (C=O) groups excluding carboxylic acids is 1. The van der Waals surface area contributed by atoms with Gasteiger partial charge in [0.15, 0.2) is 5.78 Å². The van der Waals surface area contributed by atoms with Crippen LogP contribution in [0.25, 0.3) is 0 Å². The lowest BCUT2D eigenvalue weighted by Crippen LogP contribution is -2.13. The number of rotatable bonds is 5. The first-order valence-electron chi connectivity index (χ1n) is 6.28. The van der Waals surface area contributed by atoms with E-state index in [9.17, 15) is 4.79 Å². The van der Waals surface area contributed by atoms with Crippen molar-refractivity contribution in [3.8, 4) is 0 Å². The van der Waals surface area contributed by atoms with Crippen LogP contribution in [0, 0.1) is 0 Å². The molecule has 5 heteroatoms. The molecule has 0 aliphatic heterocycles. The minimum Gasteiger partial charge on any atom is -0.293 e. The van der Waals surface area contributed by atoms with Gasteiger partial charge in [-0.3, -0.25) is 9.78 Å². The minimum atomic E-state index is -0.422. The lowest BCUT2D eigenvalue weighted by Gasteiger charge is -2.16. The number of hydrogen-bond acceptors (Lipinski definition) is 2. The average Bonchev–Trinajstić information content (AvgIpc) is 2.50. The van der Waals surface area contributed by atoms with E-state index in [2.05, 4.69) is 4.98 Å². The molecule has 0 fully saturated rings. The molecule has 1 heterocycles. The number of aromatic nitrogens is 1. The number of carbonyl (C=O) groups is 1. The van der Waals surface area contributed by atoms with Gasteiger partial charge < -0.3 is 0 Å². The maximum Gasteiger partial charge on any atom is 0.172 e. The van der Waals surface area contributed by atoms with Gasteiger partial charge in [-0.2, -0.15) is 0 Å². The van der Waals surface area contributed by atoms with Crippen LogP contribution in [0.1, 0.15) is 28.3 Å². The molecule has 0 N–H and O–H groups in total. The van der Waals surface area contributed by atoms with Crippen molar-refractivity contribution in [3.63, 3.8) is 0 Å². The highest BCUT2D eigenvalue weighted by Crippen LogP contribution is 2.32. The maximum atomic E-state index is 12.7. The molecule has 1 aromatic heterocycles. The third-order valence-electron chi connectivity index (χ3n) is 3.06. The van der Waals surface area contributed by atoms with Crippen LogP contribution in [0.4, 0.5) is 0 Å². The van der Waals surface area contributed by atoms with Gasteiger partial charge >= 0.3 is 0 Å². The van der Waals surface area contributed by atoms with E-state index < -0.39 is 5.92 Å². The number of ketones is 1. The molecule has 2 nitrogen and oxygen atoms in total. The molecule has 2 rings (SSSR count). The minimum absolute atomic E-state index is 0.0536. The number of halogens is 3. The van der Waals surface area contributed by atoms with Crippen molar-refractivity contribution in [1.29, 1.82) is 0 Å². The molecule has 1 unspecified atom stereocenters. The van der Waals surface area contributed by atoms with E-state index in [0.29, 0.717) is 22.0 Å². The largest absolute Gasteiger partial charge is 0.293 e. The van der Waals surface area contributed by atoms with Gasteiger partial charge in [-0.1, -0.05) is 46.9 Å². The van der Waals surface area contributed by atoms with Gasteiger partial charge in [0.1, 0.15) is 0 Å². The Hall–Kier alpha value is -1.35. The van der Waals surface area contributed by atoms with Crippen molar-refractivity contribution in [2.75, 3.05) is 0 Å². The summed E-state index contributed by atoms with van der Waals surface area (Å²) in [5.74, 6) is -0.476. The van der Waals surface area contributed by atoms with Gasteiger partial charge in [0.2, 0.25) is 0 Å². The third kappa shape index (κ3) is 4.07. The molecule has 0 radical (unpaired) electrons. The van der Waals surface area contributed by atoms with Crippen LogP contribution < -0.4 is 0 Å². The normalized spacial score (nSPS) is 12.5. The molecule has 0 bridgehead atoms. The smallest absolute Gasteiger partial charge is 0.172 e. The van der Waals surface area contributed by atoms with Crippen LogP contribution in [0.15, 0.2) is 54.3 Å². The highest BCUT2D eigenvalue weighted by molar-refractivity contribution is 6.35. The van der Waals surface area contributed by atoms with Crippen LogP contribution in [-0.4, -0.2) is 10.8 Å². The summed E-state index contributed by atoms with van der Waals surface area (Å²) >= 11 is 17.7. The highest BCUT2D eigenvalue weighted by Gasteiger charge is 2.23. The fraction of sp³-hybridized carbons (Fsp3) is 0.125. The Labute approximate surface area is 138 Å². The van der Waals surface area contributed by atoms with E-state index in [-0.39, 0.29) is 5.78 Å². The van der Waals surface area contributed by atoms with Gasteiger partial charge in [0.25, 0.3) is 0 Å². The summed E-state index contributed by atoms with van der Waals surface area (Å²) < 4.78 is 0. The Morgan fingerprint density at radius 1 is 1.29 bits per heavy atom. The predicted octanol–water partition coefficient (Wildman–Crippen LogP) is 5.50. The molecule has 0 spiro atoms. The molecule has 21 heavy (non-hydrogen) atoms. The zero-order valence-electron chi connectivity index (χ0n) is 11.0. The topological polar surface area (TPSA) is 30.0 Å². The Kier molecular flexibility index (Phi) is 5.80. The van der Waals surface area contributed by atoms with Crippen LogP contribution in [0.5, 0.6) is 0 Å². The maximum absolute atomic E-state index is 12.7. The summed E-state index contributed by atoms with van der Waals surface area (Å²) in [4.78, 5) is 16.7. The fourth-order valence-corrected chi connectivity index (χ4v) is 2.70. The fourth-order valence-electron chi connectivity index (χ4n) is 2.06. The van der Waals surface area contributed by atoms with Crippen molar-refractivity contribution in [3.05, 3.63) is 75.5 Å². The van der Waals surface area contributed by atoms with Gasteiger partial charge in [-0.25, -0.2) is 0 Å². The standard InChI is InChI=1S/C16H12Cl3NO/c17-7-1-4-14(13-6-5-12(18)9-15(13)19)16(21)11-3-2-8-20-10-11/h1-3,5-10,14H,4H2. The molecule has 0 saturated heterocycles. The molecule has 108 valence electrons. The van der Waals surface area contributed by atoms with E-state index >= 15 is 0 Å². The van der Waals surface area contributed by atoms with E-state index in [1.54, 1.807) is 48.8 Å². The summed E-state index contributed by atoms with van der Waals surface area (Å²) in [5.41, 5.74) is 2.66. The molecule has 0 aliphatic rings. The number of nitrogens with zero attached hydrogens (tertiary/aromatic N) is 1. The van der Waals surface area contributed by atoms with Crippen LogP contribution in [-0.2, 0) is 0 Å². The summed E-state index contributed by atoms with van der Waals surface area (Å²) in [7, 11) is 0. The van der Waals surface area contributed by atoms with Gasteiger partial charge in [-0.05, 0) is 36.2 Å². The molecule has 0 amide bonds. The Morgan fingerprint density at radius 2 is 2.10 bits per heavy atom. The van der Waals surface area contributed by atoms with E-state index in [1.165, 1.54) is 5.54 Å². The van der Waals surface area contributed by atoms with Crippen LogP contribution >= 0.6 is 34.8 Å². The lowest BCUT2D eigenvalue weighted by atomic mass is 9.88. The van der Waals surface area contributed by atoms with Crippen LogP contribution in [0.2, 0.25) is 10.0 Å². The molecule has 2 aromatic rings.